The molecule has 2 aromatic rings. The lowest BCUT2D eigenvalue weighted by Crippen LogP contribution is -2.15. The summed E-state index contributed by atoms with van der Waals surface area (Å²) in [4.78, 5) is 4.45. The fourth-order valence-electron chi connectivity index (χ4n) is 2.42. The highest BCUT2D eigenvalue weighted by atomic mass is 15.3. The first-order valence-electron chi connectivity index (χ1n) is 5.78. The number of aryl methyl sites for hydroxylation is 2. The molecule has 0 aliphatic heterocycles. The van der Waals surface area contributed by atoms with Gasteiger partial charge >= 0.3 is 0 Å². The molecule has 88 valence electrons. The van der Waals surface area contributed by atoms with Gasteiger partial charge in [-0.1, -0.05) is 12.2 Å². The lowest BCUT2D eigenvalue weighted by atomic mass is 10.1. The Bertz CT molecular complexity index is 598. The Kier molecular flexibility index (Phi) is 2.22. The van der Waals surface area contributed by atoms with Crippen LogP contribution in [0.4, 0.5) is 0 Å². The molecule has 2 atom stereocenters. The highest BCUT2D eigenvalue weighted by molar-refractivity contribution is 5.41. The van der Waals surface area contributed by atoms with E-state index in [4.69, 9.17) is 5.73 Å². The van der Waals surface area contributed by atoms with Crippen LogP contribution >= 0.6 is 0 Å². The Balaban J connectivity index is 2.15. The van der Waals surface area contributed by atoms with Crippen LogP contribution in [0.3, 0.4) is 0 Å². The van der Waals surface area contributed by atoms with E-state index in [0.29, 0.717) is 0 Å². The summed E-state index contributed by atoms with van der Waals surface area (Å²) in [6.07, 6.45) is 5.04. The topological polar surface area (TPSA) is 69.1 Å². The van der Waals surface area contributed by atoms with E-state index in [2.05, 4.69) is 21.3 Å². The monoisotopic (exact) mass is 229 g/mol. The SMILES string of the molecule is Cc1cc2nnc(C3C=CC(N)C3)n2c(C)n1. The summed E-state index contributed by atoms with van der Waals surface area (Å²) in [5.74, 6) is 2.12. The zero-order chi connectivity index (χ0) is 12.0. The van der Waals surface area contributed by atoms with Gasteiger partial charge in [0, 0.05) is 23.7 Å². The molecule has 5 nitrogen and oxygen atoms in total. The molecule has 0 spiro atoms. The van der Waals surface area contributed by atoms with Crippen molar-refractivity contribution in [2.75, 3.05) is 0 Å². The summed E-state index contributed by atoms with van der Waals surface area (Å²) >= 11 is 0. The minimum Gasteiger partial charge on any atom is -0.324 e. The maximum Gasteiger partial charge on any atom is 0.164 e. The van der Waals surface area contributed by atoms with E-state index >= 15 is 0 Å². The van der Waals surface area contributed by atoms with E-state index in [1.165, 1.54) is 0 Å². The molecule has 1 aliphatic rings. The van der Waals surface area contributed by atoms with E-state index in [0.717, 1.165) is 29.4 Å². The van der Waals surface area contributed by atoms with Crippen molar-refractivity contribution in [1.29, 1.82) is 0 Å². The maximum absolute atomic E-state index is 5.88. The van der Waals surface area contributed by atoms with Gasteiger partial charge in [0.1, 0.15) is 11.6 Å². The zero-order valence-electron chi connectivity index (χ0n) is 9.96. The van der Waals surface area contributed by atoms with Gasteiger partial charge < -0.3 is 5.73 Å². The second-order valence-electron chi connectivity index (χ2n) is 4.59. The fraction of sp³-hybridized carbons (Fsp3) is 0.417. The number of aromatic nitrogens is 4. The second-order valence-corrected chi connectivity index (χ2v) is 4.59. The van der Waals surface area contributed by atoms with E-state index in [9.17, 15) is 0 Å². The molecular weight excluding hydrogens is 214 g/mol. The fourth-order valence-corrected chi connectivity index (χ4v) is 2.42. The number of rotatable bonds is 1. The number of allylic oxidation sites excluding steroid dienone is 1. The molecule has 0 saturated heterocycles. The van der Waals surface area contributed by atoms with Crippen molar-refractivity contribution in [2.45, 2.75) is 32.2 Å². The van der Waals surface area contributed by atoms with Gasteiger partial charge in [-0.15, -0.1) is 10.2 Å². The van der Waals surface area contributed by atoms with Crippen molar-refractivity contribution in [3.63, 3.8) is 0 Å². The third-order valence-electron chi connectivity index (χ3n) is 3.16. The van der Waals surface area contributed by atoms with Crippen LogP contribution in [0.1, 0.15) is 29.7 Å². The van der Waals surface area contributed by atoms with E-state index in [1.54, 1.807) is 0 Å². The van der Waals surface area contributed by atoms with Gasteiger partial charge in [-0.05, 0) is 20.3 Å². The largest absolute Gasteiger partial charge is 0.324 e. The predicted octanol–water partition coefficient (Wildman–Crippen LogP) is 1.11. The number of nitrogens with two attached hydrogens (primary N) is 1. The van der Waals surface area contributed by atoms with Gasteiger partial charge in [-0.2, -0.15) is 0 Å². The van der Waals surface area contributed by atoms with Crippen LogP contribution in [0.5, 0.6) is 0 Å². The number of hydrogen-bond acceptors (Lipinski definition) is 4. The predicted molar refractivity (Wildman–Crippen MR) is 64.7 cm³/mol. The number of nitrogens with zero attached hydrogens (tertiary/aromatic N) is 4. The van der Waals surface area contributed by atoms with E-state index < -0.39 is 0 Å². The Hall–Kier alpha value is -1.75. The van der Waals surface area contributed by atoms with Crippen molar-refractivity contribution in [3.8, 4) is 0 Å². The van der Waals surface area contributed by atoms with Crippen LogP contribution in [0, 0.1) is 13.8 Å². The molecule has 2 aromatic heterocycles. The van der Waals surface area contributed by atoms with E-state index in [-0.39, 0.29) is 12.0 Å². The molecule has 0 bridgehead atoms. The molecule has 3 rings (SSSR count). The maximum atomic E-state index is 5.88. The third kappa shape index (κ3) is 1.63. The Labute approximate surface area is 99.4 Å². The first-order valence-corrected chi connectivity index (χ1v) is 5.78. The summed E-state index contributed by atoms with van der Waals surface area (Å²) in [5.41, 5.74) is 7.70. The van der Waals surface area contributed by atoms with Crippen LogP contribution in [0.25, 0.3) is 5.65 Å². The molecule has 0 amide bonds. The van der Waals surface area contributed by atoms with Gasteiger partial charge in [0.05, 0.1) is 0 Å². The quantitative estimate of drug-likeness (QED) is 0.744. The van der Waals surface area contributed by atoms with Crippen molar-refractivity contribution in [3.05, 3.63) is 35.6 Å². The Morgan fingerprint density at radius 1 is 1.29 bits per heavy atom. The van der Waals surface area contributed by atoms with Crippen LogP contribution in [-0.2, 0) is 0 Å². The highest BCUT2D eigenvalue weighted by Crippen LogP contribution is 2.27. The normalized spacial score (nSPS) is 23.7. The van der Waals surface area contributed by atoms with Crippen LogP contribution in [-0.4, -0.2) is 25.6 Å². The highest BCUT2D eigenvalue weighted by Gasteiger charge is 2.23. The average Bonchev–Trinajstić information content (AvgIpc) is 2.83. The summed E-state index contributed by atoms with van der Waals surface area (Å²) in [6, 6.07) is 2.08. The summed E-state index contributed by atoms with van der Waals surface area (Å²) in [5, 5.41) is 8.49. The van der Waals surface area contributed by atoms with Crippen LogP contribution < -0.4 is 5.73 Å². The average molecular weight is 229 g/mol. The lowest BCUT2D eigenvalue weighted by molar-refractivity contribution is 0.664. The molecule has 1 aliphatic carbocycles. The number of fused-ring (bicyclic) bond motifs is 1. The first-order chi connectivity index (χ1) is 8.15. The zero-order valence-corrected chi connectivity index (χ0v) is 9.96. The number of hydrogen-bond donors (Lipinski definition) is 1. The molecule has 2 N–H and O–H groups in total. The van der Waals surface area contributed by atoms with Crippen LogP contribution in [0.2, 0.25) is 0 Å². The lowest BCUT2D eigenvalue weighted by Gasteiger charge is -2.09. The van der Waals surface area contributed by atoms with Gasteiger partial charge in [-0.3, -0.25) is 4.40 Å². The molecular formula is C12H15N5. The van der Waals surface area contributed by atoms with E-state index in [1.807, 2.05) is 30.4 Å². The molecule has 5 heteroatoms. The first kappa shape index (κ1) is 10.4. The minimum atomic E-state index is 0.131. The second kappa shape index (κ2) is 3.63. The molecule has 0 saturated carbocycles. The van der Waals surface area contributed by atoms with Crippen molar-refractivity contribution < 1.29 is 0 Å². The Morgan fingerprint density at radius 3 is 2.82 bits per heavy atom. The van der Waals surface area contributed by atoms with Crippen LogP contribution in [0.15, 0.2) is 18.2 Å². The Morgan fingerprint density at radius 2 is 2.12 bits per heavy atom. The van der Waals surface area contributed by atoms with Gasteiger partial charge in [-0.25, -0.2) is 4.98 Å². The molecule has 0 radical (unpaired) electrons. The van der Waals surface area contributed by atoms with Gasteiger partial charge in [0.2, 0.25) is 0 Å². The van der Waals surface area contributed by atoms with Crippen molar-refractivity contribution >= 4 is 5.65 Å². The summed E-state index contributed by atoms with van der Waals surface area (Å²) < 4.78 is 2.01. The van der Waals surface area contributed by atoms with Gasteiger partial charge in [0.25, 0.3) is 0 Å². The molecule has 0 aromatic carbocycles. The summed E-state index contributed by atoms with van der Waals surface area (Å²) in [7, 11) is 0. The van der Waals surface area contributed by atoms with Crippen molar-refractivity contribution in [1.82, 2.24) is 19.6 Å². The summed E-state index contributed by atoms with van der Waals surface area (Å²) in [6.45, 7) is 3.94. The van der Waals surface area contributed by atoms with Gasteiger partial charge in [0.15, 0.2) is 5.65 Å². The molecule has 2 heterocycles. The molecule has 17 heavy (non-hydrogen) atoms. The third-order valence-corrected chi connectivity index (χ3v) is 3.16. The standard InChI is InChI=1S/C12H15N5/c1-7-5-11-15-16-12(17(11)8(2)14-7)9-3-4-10(13)6-9/h3-5,9-10H,6,13H2,1-2H3. The molecule has 2 unspecified atom stereocenters. The smallest absolute Gasteiger partial charge is 0.164 e. The minimum absolute atomic E-state index is 0.131. The molecule has 0 fully saturated rings. The van der Waals surface area contributed by atoms with Crippen molar-refractivity contribution in [2.24, 2.45) is 5.73 Å².